The molecule has 0 unspecified atom stereocenters. The van der Waals surface area contributed by atoms with E-state index in [2.05, 4.69) is 0 Å². The fourth-order valence-electron chi connectivity index (χ4n) is 1.23. The van der Waals surface area contributed by atoms with E-state index in [1.165, 1.54) is 0 Å². The Hall–Kier alpha value is -1.22. The molecule has 1 heterocycles. The van der Waals surface area contributed by atoms with Crippen LogP contribution in [-0.4, -0.2) is 5.11 Å². The molecule has 62 valence electrons. The lowest BCUT2D eigenvalue weighted by molar-refractivity contribution is 0.476. The number of thiophene rings is 1. The maximum absolute atomic E-state index is 9.21. The molecule has 0 fully saturated rings. The summed E-state index contributed by atoms with van der Waals surface area (Å²) in [5.41, 5.74) is 6.59. The van der Waals surface area contributed by atoms with Crippen LogP contribution in [0.2, 0.25) is 0 Å². The highest BCUT2D eigenvalue weighted by Crippen LogP contribution is 2.34. The second-order valence-electron chi connectivity index (χ2n) is 2.75. The second kappa shape index (κ2) is 2.38. The maximum atomic E-state index is 9.21. The van der Waals surface area contributed by atoms with Crippen LogP contribution >= 0.6 is 11.3 Å². The van der Waals surface area contributed by atoms with E-state index in [1.54, 1.807) is 23.5 Å². The number of nitrogens with two attached hydrogens (primary N) is 1. The van der Waals surface area contributed by atoms with Gasteiger partial charge in [-0.15, -0.1) is 11.3 Å². The highest BCUT2D eigenvalue weighted by Gasteiger charge is 2.05. The lowest BCUT2D eigenvalue weighted by Gasteiger charge is -1.92. The topological polar surface area (TPSA) is 46.2 Å². The number of anilines is 1. The summed E-state index contributed by atoms with van der Waals surface area (Å²) in [5, 5.41) is 10.2. The molecule has 0 aliphatic rings. The molecule has 0 spiro atoms. The Labute approximate surface area is 74.3 Å². The number of aromatic hydroxyl groups is 1. The first-order valence-electron chi connectivity index (χ1n) is 3.66. The molecule has 2 nitrogen and oxygen atoms in total. The van der Waals surface area contributed by atoms with Gasteiger partial charge < -0.3 is 10.8 Å². The van der Waals surface area contributed by atoms with E-state index >= 15 is 0 Å². The summed E-state index contributed by atoms with van der Waals surface area (Å²) in [6, 6.07) is 5.27. The molecular formula is C9H9NOS. The SMILES string of the molecule is Cc1sc2ccc(O)cc2c1N. The van der Waals surface area contributed by atoms with Gasteiger partial charge in [0.2, 0.25) is 0 Å². The molecule has 0 saturated heterocycles. The van der Waals surface area contributed by atoms with Crippen molar-refractivity contribution in [2.24, 2.45) is 0 Å². The molecule has 2 aromatic rings. The second-order valence-corrected chi connectivity index (χ2v) is 4.01. The number of hydrogen-bond donors (Lipinski definition) is 2. The molecule has 0 aliphatic heterocycles. The molecule has 2 rings (SSSR count). The smallest absolute Gasteiger partial charge is 0.116 e. The van der Waals surface area contributed by atoms with Gasteiger partial charge in [-0.25, -0.2) is 0 Å². The molecule has 3 heteroatoms. The van der Waals surface area contributed by atoms with Crippen molar-refractivity contribution >= 4 is 27.1 Å². The number of benzene rings is 1. The molecule has 0 atom stereocenters. The van der Waals surface area contributed by atoms with Crippen molar-refractivity contribution in [1.82, 2.24) is 0 Å². The molecule has 0 aliphatic carbocycles. The largest absolute Gasteiger partial charge is 0.508 e. The molecule has 0 radical (unpaired) electrons. The zero-order chi connectivity index (χ0) is 8.72. The quantitative estimate of drug-likeness (QED) is 0.652. The van der Waals surface area contributed by atoms with Gasteiger partial charge in [-0.05, 0) is 25.1 Å². The average Bonchev–Trinajstić information content (AvgIpc) is 2.31. The molecule has 12 heavy (non-hydrogen) atoms. The van der Waals surface area contributed by atoms with E-state index in [-0.39, 0.29) is 5.75 Å². The van der Waals surface area contributed by atoms with E-state index in [4.69, 9.17) is 5.73 Å². The van der Waals surface area contributed by atoms with Crippen molar-refractivity contribution < 1.29 is 5.11 Å². The van der Waals surface area contributed by atoms with Crippen LogP contribution in [0.5, 0.6) is 5.75 Å². The molecule has 1 aromatic carbocycles. The number of phenolic OH excluding ortho intramolecular Hbond substituents is 1. The highest BCUT2D eigenvalue weighted by atomic mass is 32.1. The standard InChI is InChI=1S/C9H9NOS/c1-5-9(10)7-4-6(11)2-3-8(7)12-5/h2-4,11H,10H2,1H3. The van der Waals surface area contributed by atoms with Crippen LogP contribution in [0.3, 0.4) is 0 Å². The predicted octanol–water partition coefficient (Wildman–Crippen LogP) is 2.50. The fraction of sp³-hybridized carbons (Fsp3) is 0.111. The summed E-state index contributed by atoms with van der Waals surface area (Å²) in [6.45, 7) is 1.98. The summed E-state index contributed by atoms with van der Waals surface area (Å²) in [6.07, 6.45) is 0. The molecule has 1 aromatic heterocycles. The van der Waals surface area contributed by atoms with Gasteiger partial charge in [0.1, 0.15) is 5.75 Å². The van der Waals surface area contributed by atoms with E-state index < -0.39 is 0 Å². The third-order valence-corrected chi connectivity index (χ3v) is 3.00. The van der Waals surface area contributed by atoms with Gasteiger partial charge in [-0.3, -0.25) is 0 Å². The summed E-state index contributed by atoms with van der Waals surface area (Å²) >= 11 is 1.65. The van der Waals surface area contributed by atoms with Crippen LogP contribution in [0.1, 0.15) is 4.88 Å². The van der Waals surface area contributed by atoms with E-state index in [1.807, 2.05) is 13.0 Å². The Morgan fingerprint density at radius 1 is 1.42 bits per heavy atom. The first-order valence-corrected chi connectivity index (χ1v) is 4.48. The minimum atomic E-state index is 0.270. The van der Waals surface area contributed by atoms with Crippen LogP contribution in [0.15, 0.2) is 18.2 Å². The molecule has 0 saturated carbocycles. The van der Waals surface area contributed by atoms with Crippen molar-refractivity contribution in [3.63, 3.8) is 0 Å². The predicted molar refractivity (Wildman–Crippen MR) is 52.6 cm³/mol. The number of rotatable bonds is 0. The van der Waals surface area contributed by atoms with Crippen LogP contribution in [0, 0.1) is 6.92 Å². The van der Waals surface area contributed by atoms with E-state index in [0.717, 1.165) is 20.7 Å². The van der Waals surface area contributed by atoms with E-state index in [9.17, 15) is 5.11 Å². The number of phenols is 1. The number of aryl methyl sites for hydroxylation is 1. The Kier molecular flexibility index (Phi) is 1.48. The van der Waals surface area contributed by atoms with Crippen LogP contribution in [0.25, 0.3) is 10.1 Å². The third-order valence-electron chi connectivity index (χ3n) is 1.90. The Morgan fingerprint density at radius 2 is 2.17 bits per heavy atom. The first kappa shape index (κ1) is 7.43. The number of fused-ring (bicyclic) bond motifs is 1. The van der Waals surface area contributed by atoms with Crippen molar-refractivity contribution in [3.05, 3.63) is 23.1 Å². The molecule has 3 N–H and O–H groups in total. The fourth-order valence-corrected chi connectivity index (χ4v) is 2.19. The maximum Gasteiger partial charge on any atom is 0.116 e. The average molecular weight is 179 g/mol. The molecule has 0 amide bonds. The normalized spacial score (nSPS) is 10.8. The zero-order valence-corrected chi connectivity index (χ0v) is 7.48. The van der Waals surface area contributed by atoms with Gasteiger partial charge in [-0.1, -0.05) is 0 Å². The zero-order valence-electron chi connectivity index (χ0n) is 6.66. The van der Waals surface area contributed by atoms with Gasteiger partial charge in [-0.2, -0.15) is 0 Å². The minimum Gasteiger partial charge on any atom is -0.508 e. The summed E-state index contributed by atoms with van der Waals surface area (Å²) in [7, 11) is 0. The summed E-state index contributed by atoms with van der Waals surface area (Å²) in [4.78, 5) is 1.11. The van der Waals surface area contributed by atoms with Crippen molar-refractivity contribution in [1.29, 1.82) is 0 Å². The van der Waals surface area contributed by atoms with Gasteiger partial charge in [0.25, 0.3) is 0 Å². The summed E-state index contributed by atoms with van der Waals surface area (Å²) < 4.78 is 1.13. The van der Waals surface area contributed by atoms with Crippen molar-refractivity contribution in [3.8, 4) is 5.75 Å². The van der Waals surface area contributed by atoms with Crippen LogP contribution in [-0.2, 0) is 0 Å². The Morgan fingerprint density at radius 3 is 2.92 bits per heavy atom. The van der Waals surface area contributed by atoms with Gasteiger partial charge in [0.05, 0.1) is 5.69 Å². The number of nitrogen functional groups attached to an aromatic ring is 1. The molecular weight excluding hydrogens is 170 g/mol. The number of hydrogen-bond acceptors (Lipinski definition) is 3. The Balaban J connectivity index is 2.88. The van der Waals surface area contributed by atoms with E-state index in [0.29, 0.717) is 0 Å². The summed E-state index contributed by atoms with van der Waals surface area (Å²) in [5.74, 6) is 0.270. The Bertz CT molecular complexity index is 433. The van der Waals surface area contributed by atoms with Crippen LogP contribution < -0.4 is 5.73 Å². The monoisotopic (exact) mass is 179 g/mol. The lowest BCUT2D eigenvalue weighted by Crippen LogP contribution is -1.82. The minimum absolute atomic E-state index is 0.270. The highest BCUT2D eigenvalue weighted by molar-refractivity contribution is 7.19. The van der Waals surface area contributed by atoms with Gasteiger partial charge in [0, 0.05) is 15.0 Å². The van der Waals surface area contributed by atoms with Crippen molar-refractivity contribution in [2.75, 3.05) is 5.73 Å². The molecule has 0 bridgehead atoms. The van der Waals surface area contributed by atoms with Crippen LogP contribution in [0.4, 0.5) is 5.69 Å². The van der Waals surface area contributed by atoms with Gasteiger partial charge in [0.15, 0.2) is 0 Å². The van der Waals surface area contributed by atoms with Crippen molar-refractivity contribution in [2.45, 2.75) is 6.92 Å². The third kappa shape index (κ3) is 0.940. The lowest BCUT2D eigenvalue weighted by atomic mass is 10.2. The van der Waals surface area contributed by atoms with Gasteiger partial charge >= 0.3 is 0 Å². The first-order chi connectivity index (χ1) is 5.68.